The molecule has 2 N–H and O–H groups in total. The van der Waals surface area contributed by atoms with Crippen molar-refractivity contribution in [1.29, 1.82) is 0 Å². The quantitative estimate of drug-likeness (QED) is 0.868. The minimum atomic E-state index is -3.44. The fraction of sp³-hybridized carbons (Fsp3) is 0.625. The van der Waals surface area contributed by atoms with Crippen molar-refractivity contribution >= 4 is 21.4 Å². The van der Waals surface area contributed by atoms with E-state index >= 15 is 0 Å². The van der Waals surface area contributed by atoms with E-state index in [-0.39, 0.29) is 0 Å². The molecule has 2 fully saturated rings. The van der Waals surface area contributed by atoms with Crippen LogP contribution < -0.4 is 10.6 Å². The number of benzene rings is 1. The second-order valence-corrected chi connectivity index (χ2v) is 8.15. The monoisotopic (exact) mass is 323 g/mol. The highest BCUT2D eigenvalue weighted by Gasteiger charge is 2.31. The van der Waals surface area contributed by atoms with Crippen molar-refractivity contribution in [2.24, 2.45) is 0 Å². The molecule has 2 saturated heterocycles. The summed E-state index contributed by atoms with van der Waals surface area (Å²) in [5.41, 5.74) is 7.21. The molecule has 1 aromatic rings. The SMILES string of the molecule is Nc1ccc(N2CCCCCC2)c(S(=O)(=O)N2CCCC2)c1. The molecule has 0 atom stereocenters. The largest absolute Gasteiger partial charge is 0.399 e. The van der Waals surface area contributed by atoms with E-state index in [2.05, 4.69) is 4.90 Å². The van der Waals surface area contributed by atoms with E-state index in [1.807, 2.05) is 12.1 Å². The Morgan fingerprint density at radius 3 is 2.09 bits per heavy atom. The van der Waals surface area contributed by atoms with Crippen LogP contribution in [0.1, 0.15) is 38.5 Å². The molecule has 22 heavy (non-hydrogen) atoms. The lowest BCUT2D eigenvalue weighted by molar-refractivity contribution is 0.477. The van der Waals surface area contributed by atoms with E-state index in [1.165, 1.54) is 12.8 Å². The zero-order chi connectivity index (χ0) is 15.6. The summed E-state index contributed by atoms with van der Waals surface area (Å²) in [6.07, 6.45) is 6.57. The first kappa shape index (κ1) is 15.6. The Morgan fingerprint density at radius 1 is 0.864 bits per heavy atom. The number of rotatable bonds is 3. The Kier molecular flexibility index (Phi) is 4.59. The third-order valence-corrected chi connectivity index (χ3v) is 6.54. The van der Waals surface area contributed by atoms with Crippen LogP contribution in [0.15, 0.2) is 23.1 Å². The lowest BCUT2D eigenvalue weighted by Gasteiger charge is -2.27. The van der Waals surface area contributed by atoms with Crippen LogP contribution in [0.4, 0.5) is 11.4 Å². The molecular weight excluding hydrogens is 298 g/mol. The Balaban J connectivity index is 2.00. The molecule has 2 heterocycles. The van der Waals surface area contributed by atoms with Gasteiger partial charge in [0.15, 0.2) is 0 Å². The lowest BCUT2D eigenvalue weighted by Crippen LogP contribution is -2.31. The molecule has 0 aliphatic carbocycles. The highest BCUT2D eigenvalue weighted by Crippen LogP contribution is 2.32. The maximum atomic E-state index is 13.0. The van der Waals surface area contributed by atoms with E-state index in [1.54, 1.807) is 10.4 Å². The summed E-state index contributed by atoms with van der Waals surface area (Å²) >= 11 is 0. The molecule has 6 heteroatoms. The van der Waals surface area contributed by atoms with E-state index in [9.17, 15) is 8.42 Å². The van der Waals surface area contributed by atoms with Crippen molar-refractivity contribution in [2.45, 2.75) is 43.4 Å². The summed E-state index contributed by atoms with van der Waals surface area (Å²) in [7, 11) is -3.44. The van der Waals surface area contributed by atoms with Gasteiger partial charge in [-0.1, -0.05) is 12.8 Å². The Hall–Kier alpha value is -1.27. The smallest absolute Gasteiger partial charge is 0.245 e. The van der Waals surface area contributed by atoms with Crippen LogP contribution >= 0.6 is 0 Å². The average molecular weight is 323 g/mol. The maximum absolute atomic E-state index is 13.0. The third kappa shape index (κ3) is 3.08. The molecule has 0 saturated carbocycles. The molecule has 0 unspecified atom stereocenters. The standard InChI is InChI=1S/C16H25N3O2S/c17-14-7-8-15(18-9-3-1-2-4-10-18)16(13-14)22(20,21)19-11-5-6-12-19/h7-8,13H,1-6,9-12,17H2. The van der Waals surface area contributed by atoms with Crippen LogP contribution in [0.25, 0.3) is 0 Å². The highest BCUT2D eigenvalue weighted by atomic mass is 32.2. The van der Waals surface area contributed by atoms with Crippen LogP contribution in [0, 0.1) is 0 Å². The van der Waals surface area contributed by atoms with Crippen LogP contribution in [0.3, 0.4) is 0 Å². The molecule has 2 aliphatic rings. The highest BCUT2D eigenvalue weighted by molar-refractivity contribution is 7.89. The van der Waals surface area contributed by atoms with Gasteiger partial charge in [0.1, 0.15) is 4.90 Å². The van der Waals surface area contributed by atoms with Gasteiger partial charge in [-0.2, -0.15) is 4.31 Å². The number of nitrogens with zero attached hydrogens (tertiary/aromatic N) is 2. The van der Waals surface area contributed by atoms with Gasteiger partial charge in [0.2, 0.25) is 10.0 Å². The van der Waals surface area contributed by atoms with Gasteiger partial charge in [0, 0.05) is 31.9 Å². The second-order valence-electron chi connectivity index (χ2n) is 6.24. The summed E-state index contributed by atoms with van der Waals surface area (Å²) in [5, 5.41) is 0. The molecule has 0 bridgehead atoms. The molecule has 0 radical (unpaired) electrons. The molecule has 2 aliphatic heterocycles. The summed E-state index contributed by atoms with van der Waals surface area (Å²) in [6, 6.07) is 5.32. The van der Waals surface area contributed by atoms with Gasteiger partial charge in [-0.15, -0.1) is 0 Å². The summed E-state index contributed by atoms with van der Waals surface area (Å²) in [6.45, 7) is 3.09. The summed E-state index contributed by atoms with van der Waals surface area (Å²) in [5.74, 6) is 0. The Labute approximate surface area is 133 Å². The lowest BCUT2D eigenvalue weighted by atomic mass is 10.2. The van der Waals surface area contributed by atoms with Crippen molar-refractivity contribution in [2.75, 3.05) is 36.8 Å². The number of hydrogen-bond acceptors (Lipinski definition) is 4. The van der Waals surface area contributed by atoms with Gasteiger partial charge < -0.3 is 10.6 Å². The fourth-order valence-corrected chi connectivity index (χ4v) is 5.14. The number of nitrogens with two attached hydrogens (primary N) is 1. The predicted molar refractivity (Wildman–Crippen MR) is 89.5 cm³/mol. The van der Waals surface area contributed by atoms with Gasteiger partial charge >= 0.3 is 0 Å². The zero-order valence-corrected chi connectivity index (χ0v) is 13.8. The Morgan fingerprint density at radius 2 is 1.45 bits per heavy atom. The van der Waals surface area contributed by atoms with E-state index in [4.69, 9.17) is 5.73 Å². The minimum Gasteiger partial charge on any atom is -0.399 e. The van der Waals surface area contributed by atoms with Crippen molar-refractivity contribution in [3.8, 4) is 0 Å². The van der Waals surface area contributed by atoms with Gasteiger partial charge in [-0.05, 0) is 43.9 Å². The van der Waals surface area contributed by atoms with Crippen LogP contribution in [0.2, 0.25) is 0 Å². The number of nitrogen functional groups attached to an aromatic ring is 1. The van der Waals surface area contributed by atoms with Crippen LogP contribution in [-0.4, -0.2) is 38.9 Å². The maximum Gasteiger partial charge on any atom is 0.245 e. The van der Waals surface area contributed by atoms with Crippen LogP contribution in [-0.2, 0) is 10.0 Å². The van der Waals surface area contributed by atoms with E-state index < -0.39 is 10.0 Å². The molecule has 0 spiro atoms. The summed E-state index contributed by atoms with van der Waals surface area (Å²) in [4.78, 5) is 2.60. The van der Waals surface area contributed by atoms with E-state index in [0.29, 0.717) is 23.7 Å². The number of anilines is 2. The predicted octanol–water partition coefficient (Wildman–Crippen LogP) is 2.43. The average Bonchev–Trinajstić information content (AvgIpc) is 2.92. The van der Waals surface area contributed by atoms with Crippen molar-refractivity contribution in [3.63, 3.8) is 0 Å². The third-order valence-electron chi connectivity index (χ3n) is 4.61. The van der Waals surface area contributed by atoms with Gasteiger partial charge in [-0.25, -0.2) is 8.42 Å². The second kappa shape index (κ2) is 6.46. The topological polar surface area (TPSA) is 66.6 Å². The normalized spacial score (nSPS) is 21.0. The molecule has 122 valence electrons. The first-order chi connectivity index (χ1) is 10.6. The molecule has 0 aromatic heterocycles. The first-order valence-electron chi connectivity index (χ1n) is 8.24. The zero-order valence-electron chi connectivity index (χ0n) is 13.0. The van der Waals surface area contributed by atoms with Crippen molar-refractivity contribution in [1.82, 2.24) is 4.31 Å². The molecule has 0 amide bonds. The van der Waals surface area contributed by atoms with Gasteiger partial charge in [-0.3, -0.25) is 0 Å². The van der Waals surface area contributed by atoms with Crippen molar-refractivity contribution in [3.05, 3.63) is 18.2 Å². The number of sulfonamides is 1. The Bertz CT molecular complexity index is 616. The molecular formula is C16H25N3O2S. The fourth-order valence-electron chi connectivity index (χ4n) is 3.38. The molecule has 3 rings (SSSR count). The van der Waals surface area contributed by atoms with Gasteiger partial charge in [0.25, 0.3) is 0 Å². The van der Waals surface area contributed by atoms with Crippen LogP contribution in [0.5, 0.6) is 0 Å². The minimum absolute atomic E-state index is 0.385. The molecule has 5 nitrogen and oxygen atoms in total. The number of hydrogen-bond donors (Lipinski definition) is 1. The molecule has 1 aromatic carbocycles. The van der Waals surface area contributed by atoms with Crippen molar-refractivity contribution < 1.29 is 8.42 Å². The summed E-state index contributed by atoms with van der Waals surface area (Å²) < 4.78 is 27.6. The van der Waals surface area contributed by atoms with Gasteiger partial charge in [0.05, 0.1) is 5.69 Å². The van der Waals surface area contributed by atoms with E-state index in [0.717, 1.165) is 44.5 Å². The first-order valence-corrected chi connectivity index (χ1v) is 9.68.